The zero-order valence-corrected chi connectivity index (χ0v) is 15.1. The molecule has 1 N–H and O–H groups in total. The Morgan fingerprint density at radius 2 is 1.74 bits per heavy atom. The molecule has 0 saturated carbocycles. The summed E-state index contributed by atoms with van der Waals surface area (Å²) in [5.41, 5.74) is 1.53. The molecule has 2 aromatic heterocycles. The van der Waals surface area contributed by atoms with E-state index < -0.39 is 0 Å². The summed E-state index contributed by atoms with van der Waals surface area (Å²) in [6, 6.07) is 12.1. The Kier molecular flexibility index (Phi) is 4.68. The Labute approximate surface area is 160 Å². The molecular weight excluding hydrogens is 368 g/mol. The largest absolute Gasteiger partial charge is 0.463 e. The van der Waals surface area contributed by atoms with E-state index in [0.717, 1.165) is 0 Å². The molecule has 0 radical (unpaired) electrons. The Balaban J connectivity index is 1.39. The van der Waals surface area contributed by atoms with Crippen molar-refractivity contribution >= 4 is 23.4 Å². The minimum Gasteiger partial charge on any atom is -0.463 e. The summed E-state index contributed by atoms with van der Waals surface area (Å²) < 4.78 is 5.30. The number of aromatic amines is 1. The second kappa shape index (κ2) is 7.28. The Morgan fingerprint density at radius 1 is 1.00 bits per heavy atom. The fraction of sp³-hybridized carbons (Fsp3) is 0.211. The number of hydrogen-bond donors (Lipinski definition) is 1. The molecule has 2 amide bonds. The number of furan rings is 1. The molecule has 1 aliphatic rings. The van der Waals surface area contributed by atoms with Crippen LogP contribution in [0.3, 0.4) is 0 Å². The Morgan fingerprint density at radius 3 is 2.41 bits per heavy atom. The predicted molar refractivity (Wildman–Crippen MR) is 99.5 cm³/mol. The highest BCUT2D eigenvalue weighted by molar-refractivity contribution is 6.30. The van der Waals surface area contributed by atoms with Crippen LogP contribution in [0, 0.1) is 0 Å². The number of amides is 2. The van der Waals surface area contributed by atoms with Crippen LogP contribution in [-0.4, -0.2) is 58.0 Å². The molecule has 0 aliphatic carbocycles. The summed E-state index contributed by atoms with van der Waals surface area (Å²) in [5, 5.41) is 7.43. The molecule has 138 valence electrons. The number of halogens is 1. The summed E-state index contributed by atoms with van der Waals surface area (Å²) in [7, 11) is 0. The highest BCUT2D eigenvalue weighted by atomic mass is 35.5. The van der Waals surface area contributed by atoms with Crippen LogP contribution in [0.4, 0.5) is 0 Å². The smallest absolute Gasteiger partial charge is 0.274 e. The lowest BCUT2D eigenvalue weighted by atomic mass is 10.1. The van der Waals surface area contributed by atoms with Gasteiger partial charge in [-0.3, -0.25) is 14.7 Å². The van der Waals surface area contributed by atoms with Crippen LogP contribution in [0.1, 0.15) is 20.8 Å². The Bertz CT molecular complexity index is 959. The highest BCUT2D eigenvalue weighted by Crippen LogP contribution is 2.19. The number of carbonyl (C=O) groups excluding carboxylic acids is 2. The topological polar surface area (TPSA) is 82.4 Å². The number of aromatic nitrogens is 2. The first kappa shape index (κ1) is 17.4. The molecule has 1 aliphatic heterocycles. The maximum absolute atomic E-state index is 12.7. The van der Waals surface area contributed by atoms with Gasteiger partial charge in [0.25, 0.3) is 11.8 Å². The quantitative estimate of drug-likeness (QED) is 0.752. The first-order valence-electron chi connectivity index (χ1n) is 8.55. The van der Waals surface area contributed by atoms with Crippen molar-refractivity contribution in [2.45, 2.75) is 0 Å². The van der Waals surface area contributed by atoms with E-state index in [2.05, 4.69) is 10.2 Å². The molecule has 8 heteroatoms. The minimum atomic E-state index is -0.168. The fourth-order valence-corrected chi connectivity index (χ4v) is 3.26. The SMILES string of the molecule is O=C(c1cccc(Cl)c1)N1CCN(C(=O)c2cc(-c3ccco3)[nH]n2)CC1. The maximum Gasteiger partial charge on any atom is 0.274 e. The summed E-state index contributed by atoms with van der Waals surface area (Å²) in [5.74, 6) is 0.377. The van der Waals surface area contributed by atoms with Crippen LogP contribution >= 0.6 is 11.6 Å². The van der Waals surface area contributed by atoms with Gasteiger partial charge in [0.2, 0.25) is 0 Å². The lowest BCUT2D eigenvalue weighted by Gasteiger charge is -2.34. The van der Waals surface area contributed by atoms with Gasteiger partial charge in [-0.15, -0.1) is 0 Å². The number of piperazine rings is 1. The summed E-state index contributed by atoms with van der Waals surface area (Å²) in [6.45, 7) is 1.83. The molecule has 0 spiro atoms. The van der Waals surface area contributed by atoms with Crippen LogP contribution in [0.25, 0.3) is 11.5 Å². The van der Waals surface area contributed by atoms with Crippen molar-refractivity contribution in [1.82, 2.24) is 20.0 Å². The van der Waals surface area contributed by atoms with Crippen molar-refractivity contribution in [3.8, 4) is 11.5 Å². The molecule has 1 fully saturated rings. The van der Waals surface area contributed by atoms with Crippen molar-refractivity contribution in [3.63, 3.8) is 0 Å². The molecule has 4 rings (SSSR count). The van der Waals surface area contributed by atoms with Crippen LogP contribution in [-0.2, 0) is 0 Å². The third-order valence-corrected chi connectivity index (χ3v) is 4.74. The van der Waals surface area contributed by atoms with E-state index in [4.69, 9.17) is 16.0 Å². The average Bonchev–Trinajstić information content (AvgIpc) is 3.38. The first-order chi connectivity index (χ1) is 13.1. The standard InChI is InChI=1S/C19H17ClN4O3/c20-14-4-1-3-13(11-14)18(25)23-6-8-24(9-7-23)19(26)16-12-15(21-22-16)17-5-2-10-27-17/h1-5,10-12H,6-9H2,(H,21,22). The van der Waals surface area contributed by atoms with E-state index in [1.807, 2.05) is 0 Å². The highest BCUT2D eigenvalue weighted by Gasteiger charge is 2.27. The number of nitrogens with one attached hydrogen (secondary N) is 1. The summed E-state index contributed by atoms with van der Waals surface area (Å²) in [4.78, 5) is 28.7. The average molecular weight is 385 g/mol. The molecule has 3 heterocycles. The molecule has 0 bridgehead atoms. The van der Waals surface area contributed by atoms with E-state index in [0.29, 0.717) is 53.9 Å². The molecule has 7 nitrogen and oxygen atoms in total. The molecular formula is C19H17ClN4O3. The molecule has 3 aromatic rings. The number of nitrogens with zero attached hydrogens (tertiary/aromatic N) is 3. The minimum absolute atomic E-state index is 0.0792. The van der Waals surface area contributed by atoms with Gasteiger partial charge in [0.15, 0.2) is 11.5 Å². The van der Waals surface area contributed by atoms with Gasteiger partial charge in [0.1, 0.15) is 5.69 Å². The summed E-state index contributed by atoms with van der Waals surface area (Å²) in [6.07, 6.45) is 1.56. The zero-order chi connectivity index (χ0) is 18.8. The third kappa shape index (κ3) is 3.59. The second-order valence-corrected chi connectivity index (χ2v) is 6.68. The lowest BCUT2D eigenvalue weighted by molar-refractivity contribution is 0.0532. The van der Waals surface area contributed by atoms with Gasteiger partial charge in [-0.25, -0.2) is 0 Å². The van der Waals surface area contributed by atoms with E-state index in [-0.39, 0.29) is 11.8 Å². The van der Waals surface area contributed by atoms with Gasteiger partial charge >= 0.3 is 0 Å². The fourth-order valence-electron chi connectivity index (χ4n) is 3.07. The molecule has 27 heavy (non-hydrogen) atoms. The van der Waals surface area contributed by atoms with Crippen LogP contribution in [0.15, 0.2) is 53.1 Å². The van der Waals surface area contributed by atoms with Crippen molar-refractivity contribution in [2.75, 3.05) is 26.2 Å². The second-order valence-electron chi connectivity index (χ2n) is 6.24. The number of benzene rings is 1. The molecule has 1 aromatic carbocycles. The van der Waals surface area contributed by atoms with E-state index in [1.165, 1.54) is 0 Å². The molecule has 1 saturated heterocycles. The van der Waals surface area contributed by atoms with E-state index in [9.17, 15) is 9.59 Å². The van der Waals surface area contributed by atoms with Crippen molar-refractivity contribution in [1.29, 1.82) is 0 Å². The monoisotopic (exact) mass is 384 g/mol. The number of hydrogen-bond acceptors (Lipinski definition) is 4. The van der Waals surface area contributed by atoms with E-state index >= 15 is 0 Å². The maximum atomic E-state index is 12.7. The van der Waals surface area contributed by atoms with Gasteiger partial charge < -0.3 is 14.2 Å². The lowest BCUT2D eigenvalue weighted by Crippen LogP contribution is -2.50. The van der Waals surface area contributed by atoms with E-state index in [1.54, 1.807) is 58.5 Å². The molecule has 0 unspecified atom stereocenters. The van der Waals surface area contributed by atoms with Gasteiger partial charge in [-0.1, -0.05) is 17.7 Å². The van der Waals surface area contributed by atoms with Gasteiger partial charge in [0.05, 0.1) is 6.26 Å². The van der Waals surface area contributed by atoms with Crippen molar-refractivity contribution in [2.24, 2.45) is 0 Å². The van der Waals surface area contributed by atoms with Gasteiger partial charge in [0, 0.05) is 42.8 Å². The number of rotatable bonds is 3. The summed E-state index contributed by atoms with van der Waals surface area (Å²) >= 11 is 5.96. The zero-order valence-electron chi connectivity index (χ0n) is 14.4. The van der Waals surface area contributed by atoms with Crippen molar-refractivity contribution in [3.05, 3.63) is 65.0 Å². The normalized spacial score (nSPS) is 14.4. The Hall–Kier alpha value is -3.06. The first-order valence-corrected chi connectivity index (χ1v) is 8.93. The van der Waals surface area contributed by atoms with Gasteiger partial charge in [-0.2, -0.15) is 5.10 Å². The third-order valence-electron chi connectivity index (χ3n) is 4.51. The van der Waals surface area contributed by atoms with Crippen LogP contribution < -0.4 is 0 Å². The number of H-pyrrole nitrogens is 1. The van der Waals surface area contributed by atoms with Crippen LogP contribution in [0.2, 0.25) is 5.02 Å². The predicted octanol–water partition coefficient (Wildman–Crippen LogP) is 2.92. The van der Waals surface area contributed by atoms with Gasteiger partial charge in [-0.05, 0) is 30.3 Å². The number of carbonyl (C=O) groups is 2. The molecule has 0 atom stereocenters. The van der Waals surface area contributed by atoms with Crippen molar-refractivity contribution < 1.29 is 14.0 Å². The van der Waals surface area contributed by atoms with Crippen LogP contribution in [0.5, 0.6) is 0 Å².